The van der Waals surface area contributed by atoms with Crippen molar-refractivity contribution < 1.29 is 4.79 Å². The molecular weight excluding hydrogens is 364 g/mol. The van der Waals surface area contributed by atoms with Crippen LogP contribution in [0.5, 0.6) is 0 Å². The Bertz CT molecular complexity index is 995. The van der Waals surface area contributed by atoms with Crippen molar-refractivity contribution in [3.05, 3.63) is 53.6 Å². The fourth-order valence-electron chi connectivity index (χ4n) is 3.27. The Hall–Kier alpha value is -2.77. The second kappa shape index (κ2) is 7.46. The minimum atomic E-state index is -0.119. The number of likely N-dealkylation sites (N-methyl/N-ethyl adjacent to an activating group) is 1. The normalized spacial score (nSPS) is 17.2. The second-order valence-corrected chi connectivity index (χ2v) is 7.06. The molecule has 1 aliphatic heterocycles. The van der Waals surface area contributed by atoms with Crippen molar-refractivity contribution in [3.63, 3.8) is 0 Å². The Morgan fingerprint density at radius 3 is 2.93 bits per heavy atom. The van der Waals surface area contributed by atoms with Crippen molar-refractivity contribution in [2.45, 2.75) is 12.5 Å². The molecule has 0 saturated carbocycles. The summed E-state index contributed by atoms with van der Waals surface area (Å²) in [6, 6.07) is 5.47. The maximum absolute atomic E-state index is 12.8. The van der Waals surface area contributed by atoms with E-state index in [0.29, 0.717) is 27.3 Å². The number of nitrogens with one attached hydrogen (secondary N) is 2. The smallest absolute Gasteiger partial charge is 0.253 e. The number of hydrogen-bond acceptors (Lipinski definition) is 6. The molecule has 0 spiro atoms. The number of aromatic nitrogens is 3. The van der Waals surface area contributed by atoms with Crippen LogP contribution in [-0.4, -0.2) is 51.9 Å². The van der Waals surface area contributed by atoms with Crippen LogP contribution in [-0.2, 0) is 0 Å². The van der Waals surface area contributed by atoms with Gasteiger partial charge < -0.3 is 15.5 Å². The third-order valence-corrected chi connectivity index (χ3v) is 4.89. The third-order valence-electron chi connectivity index (χ3n) is 4.60. The minimum Gasteiger partial charge on any atom is -0.354 e. The molecule has 2 aromatic heterocycles. The van der Waals surface area contributed by atoms with E-state index in [2.05, 4.69) is 37.5 Å². The van der Waals surface area contributed by atoms with Crippen molar-refractivity contribution in [1.29, 1.82) is 0 Å². The first-order valence-electron chi connectivity index (χ1n) is 8.71. The summed E-state index contributed by atoms with van der Waals surface area (Å²) in [6.45, 7) is 1.85. The molecule has 0 aliphatic carbocycles. The van der Waals surface area contributed by atoms with Crippen LogP contribution >= 0.6 is 11.6 Å². The van der Waals surface area contributed by atoms with E-state index in [4.69, 9.17) is 11.6 Å². The number of nitrogens with zero attached hydrogens (tertiary/aromatic N) is 4. The van der Waals surface area contributed by atoms with Gasteiger partial charge in [-0.3, -0.25) is 19.7 Å². The summed E-state index contributed by atoms with van der Waals surface area (Å²) in [5.41, 5.74) is 3.18. The van der Waals surface area contributed by atoms with Gasteiger partial charge in [-0.1, -0.05) is 11.6 Å². The molecule has 0 unspecified atom stereocenters. The van der Waals surface area contributed by atoms with E-state index in [0.717, 1.165) is 25.2 Å². The van der Waals surface area contributed by atoms with Crippen molar-refractivity contribution in [3.8, 4) is 0 Å². The molecule has 27 heavy (non-hydrogen) atoms. The molecule has 0 radical (unpaired) electrons. The van der Waals surface area contributed by atoms with Gasteiger partial charge in [0.15, 0.2) is 0 Å². The monoisotopic (exact) mass is 382 g/mol. The third kappa shape index (κ3) is 3.84. The van der Waals surface area contributed by atoms with Gasteiger partial charge in [0, 0.05) is 36.9 Å². The van der Waals surface area contributed by atoms with Gasteiger partial charge in [-0.2, -0.15) is 0 Å². The lowest BCUT2D eigenvalue weighted by Gasteiger charge is -2.16. The number of hydrogen-bond donors (Lipinski definition) is 2. The molecule has 4 rings (SSSR count). The van der Waals surface area contributed by atoms with E-state index in [-0.39, 0.29) is 11.9 Å². The number of carbonyl (C=O) groups excluding carboxylic acids is 1. The van der Waals surface area contributed by atoms with Gasteiger partial charge in [0.05, 0.1) is 28.0 Å². The number of amides is 1. The zero-order chi connectivity index (χ0) is 18.8. The highest BCUT2D eigenvalue weighted by Crippen LogP contribution is 2.28. The zero-order valence-corrected chi connectivity index (χ0v) is 15.6. The van der Waals surface area contributed by atoms with Crippen molar-refractivity contribution in [2.24, 2.45) is 0 Å². The lowest BCUT2D eigenvalue weighted by atomic mass is 10.1. The van der Waals surface area contributed by atoms with E-state index in [9.17, 15) is 4.79 Å². The number of pyridine rings is 1. The van der Waals surface area contributed by atoms with Crippen LogP contribution < -0.4 is 10.6 Å². The van der Waals surface area contributed by atoms with E-state index in [1.165, 1.54) is 0 Å². The highest BCUT2D eigenvalue weighted by Gasteiger charge is 2.22. The Morgan fingerprint density at radius 1 is 1.26 bits per heavy atom. The highest BCUT2D eigenvalue weighted by molar-refractivity contribution is 6.35. The Morgan fingerprint density at radius 2 is 2.11 bits per heavy atom. The molecule has 1 aromatic carbocycles. The largest absolute Gasteiger partial charge is 0.354 e. The number of likely N-dealkylation sites (tertiary alicyclic amines) is 1. The van der Waals surface area contributed by atoms with Crippen LogP contribution in [0.3, 0.4) is 0 Å². The molecule has 1 amide bonds. The molecule has 7 nitrogen and oxygen atoms in total. The molecule has 3 aromatic rings. The first-order valence-corrected chi connectivity index (χ1v) is 9.08. The van der Waals surface area contributed by atoms with Gasteiger partial charge in [0.1, 0.15) is 5.52 Å². The van der Waals surface area contributed by atoms with E-state index >= 15 is 0 Å². The molecule has 1 atom stereocenters. The van der Waals surface area contributed by atoms with E-state index in [1.807, 2.05) is 6.07 Å². The molecule has 3 heterocycles. The first-order chi connectivity index (χ1) is 13.1. The average Bonchev–Trinajstić information content (AvgIpc) is 3.07. The van der Waals surface area contributed by atoms with Crippen LogP contribution in [0.15, 0.2) is 43.0 Å². The molecule has 1 aliphatic rings. The van der Waals surface area contributed by atoms with Crippen LogP contribution in [0.4, 0.5) is 11.4 Å². The number of anilines is 2. The molecule has 138 valence electrons. The summed E-state index contributed by atoms with van der Waals surface area (Å²) in [7, 11) is 2.05. The van der Waals surface area contributed by atoms with Gasteiger partial charge in [0.25, 0.3) is 5.91 Å². The topological polar surface area (TPSA) is 83.0 Å². The van der Waals surface area contributed by atoms with Crippen molar-refractivity contribution >= 4 is 39.9 Å². The molecule has 2 N–H and O–H groups in total. The van der Waals surface area contributed by atoms with Crippen LogP contribution in [0.25, 0.3) is 11.0 Å². The fraction of sp³-hybridized carbons (Fsp3) is 0.263. The fourth-order valence-corrected chi connectivity index (χ4v) is 3.53. The van der Waals surface area contributed by atoms with Crippen LogP contribution in [0.2, 0.25) is 5.02 Å². The Kier molecular flexibility index (Phi) is 4.87. The minimum absolute atomic E-state index is 0.119. The maximum atomic E-state index is 12.8. The molecule has 1 fully saturated rings. The molecule has 0 bridgehead atoms. The molecule has 1 saturated heterocycles. The summed E-state index contributed by atoms with van der Waals surface area (Å²) >= 11 is 6.32. The van der Waals surface area contributed by atoms with Crippen LogP contribution in [0, 0.1) is 0 Å². The van der Waals surface area contributed by atoms with E-state index < -0.39 is 0 Å². The average molecular weight is 383 g/mol. The van der Waals surface area contributed by atoms with Gasteiger partial charge in [-0.05, 0) is 38.2 Å². The number of benzene rings is 1. The highest BCUT2D eigenvalue weighted by atomic mass is 35.5. The summed E-state index contributed by atoms with van der Waals surface area (Å²) in [4.78, 5) is 27.6. The summed E-state index contributed by atoms with van der Waals surface area (Å²) in [6.07, 6.45) is 7.41. The summed E-state index contributed by atoms with van der Waals surface area (Å²) in [5.74, 6) is -0.119. The van der Waals surface area contributed by atoms with Gasteiger partial charge in [-0.25, -0.2) is 0 Å². The number of rotatable bonds is 4. The summed E-state index contributed by atoms with van der Waals surface area (Å²) in [5, 5.41) is 6.82. The predicted molar refractivity (Wildman–Crippen MR) is 105 cm³/mol. The quantitative estimate of drug-likeness (QED) is 0.722. The Labute approximate surface area is 161 Å². The van der Waals surface area contributed by atoms with Crippen molar-refractivity contribution in [2.75, 3.05) is 25.5 Å². The zero-order valence-electron chi connectivity index (χ0n) is 14.8. The summed E-state index contributed by atoms with van der Waals surface area (Å²) < 4.78 is 0. The lowest BCUT2D eigenvalue weighted by molar-refractivity contribution is 0.0939. The number of halogens is 1. The standard InChI is InChI=1S/C19H19ClN6O/c1-26-7-3-12(11-26)25-19(27)14-2-4-21-10-17(14)24-13-8-15(20)18-16(9-13)22-5-6-23-18/h2,4-6,8-10,12,24H,3,7,11H2,1H3,(H,25,27)/t12-/m1/s1. The maximum Gasteiger partial charge on any atom is 0.253 e. The first kappa shape index (κ1) is 17.6. The second-order valence-electron chi connectivity index (χ2n) is 6.65. The molecule has 8 heteroatoms. The SMILES string of the molecule is CN1CC[C@@H](NC(=O)c2ccncc2Nc2cc(Cl)c3nccnc3c2)C1. The van der Waals surface area contributed by atoms with E-state index in [1.54, 1.807) is 36.9 Å². The predicted octanol–water partition coefficient (Wildman–Crippen LogP) is 2.86. The Balaban J connectivity index is 1.59. The number of fused-ring (bicyclic) bond motifs is 1. The van der Waals surface area contributed by atoms with Crippen molar-refractivity contribution in [1.82, 2.24) is 25.2 Å². The molecular formula is C19H19ClN6O. The van der Waals surface area contributed by atoms with Gasteiger partial charge in [-0.15, -0.1) is 0 Å². The van der Waals surface area contributed by atoms with Crippen LogP contribution in [0.1, 0.15) is 16.8 Å². The number of carbonyl (C=O) groups is 1. The van der Waals surface area contributed by atoms with Gasteiger partial charge >= 0.3 is 0 Å². The van der Waals surface area contributed by atoms with Gasteiger partial charge in [0.2, 0.25) is 0 Å². The lowest BCUT2D eigenvalue weighted by Crippen LogP contribution is -2.36.